The SMILES string of the molecule is CCCCNC(=O)N1C(C)(C)CC(N(Cc2ccccc2)C(=O)C(=O)N(Cc2ccccc2)NCc2ccccc2)CC1(C)C. The first-order valence-electron chi connectivity index (χ1n) is 16.1. The molecule has 4 rings (SSSR count). The summed E-state index contributed by atoms with van der Waals surface area (Å²) in [7, 11) is 0. The van der Waals surface area contributed by atoms with Gasteiger partial charge in [-0.05, 0) is 63.6 Å². The largest absolute Gasteiger partial charge is 0.338 e. The Morgan fingerprint density at radius 3 is 1.73 bits per heavy atom. The van der Waals surface area contributed by atoms with E-state index < -0.39 is 22.9 Å². The molecule has 8 heteroatoms. The van der Waals surface area contributed by atoms with Gasteiger partial charge in [-0.25, -0.2) is 10.2 Å². The molecule has 0 aliphatic carbocycles. The van der Waals surface area contributed by atoms with Crippen LogP contribution in [-0.2, 0) is 29.2 Å². The molecule has 0 bridgehead atoms. The van der Waals surface area contributed by atoms with Gasteiger partial charge in [-0.1, -0.05) is 104 Å². The van der Waals surface area contributed by atoms with Crippen LogP contribution in [0, 0.1) is 0 Å². The standard InChI is InChI=1S/C37H49N5O3/c1-6-7-23-38-35(45)42-36(2,3)24-32(25-37(42,4)5)40(27-30-19-13-9-14-20-30)33(43)34(44)41(28-31-21-15-10-16-22-31)39-26-29-17-11-8-12-18-29/h8-22,32,39H,6-7,23-28H2,1-5H3,(H,38,45). The molecule has 1 fully saturated rings. The van der Waals surface area contributed by atoms with Crippen LogP contribution in [0.4, 0.5) is 4.79 Å². The van der Waals surface area contributed by atoms with Gasteiger partial charge in [-0.15, -0.1) is 0 Å². The number of hydrogen-bond donors (Lipinski definition) is 2. The van der Waals surface area contributed by atoms with Gasteiger partial charge >= 0.3 is 17.8 Å². The second-order valence-electron chi connectivity index (χ2n) is 13.2. The van der Waals surface area contributed by atoms with Crippen molar-refractivity contribution in [3.8, 4) is 0 Å². The molecule has 0 aromatic heterocycles. The van der Waals surface area contributed by atoms with E-state index in [1.807, 2.05) is 95.9 Å². The number of urea groups is 1. The minimum Gasteiger partial charge on any atom is -0.338 e. The molecule has 0 saturated carbocycles. The molecule has 2 N–H and O–H groups in total. The molecule has 1 aliphatic heterocycles. The van der Waals surface area contributed by atoms with E-state index >= 15 is 0 Å². The highest BCUT2D eigenvalue weighted by atomic mass is 16.2. The van der Waals surface area contributed by atoms with Gasteiger partial charge in [0.15, 0.2) is 0 Å². The number of piperidine rings is 1. The molecule has 1 aliphatic rings. The summed E-state index contributed by atoms with van der Waals surface area (Å²) in [5, 5.41) is 4.53. The molecule has 4 amide bonds. The lowest BCUT2D eigenvalue weighted by atomic mass is 9.76. The van der Waals surface area contributed by atoms with E-state index in [4.69, 9.17) is 0 Å². The smallest absolute Gasteiger partial charge is 0.326 e. The number of hydrogen-bond acceptors (Lipinski definition) is 4. The van der Waals surface area contributed by atoms with E-state index in [9.17, 15) is 14.4 Å². The lowest BCUT2D eigenvalue weighted by Crippen LogP contribution is -2.68. The lowest BCUT2D eigenvalue weighted by Gasteiger charge is -2.56. The van der Waals surface area contributed by atoms with Crippen molar-refractivity contribution in [3.05, 3.63) is 108 Å². The normalized spacial score (nSPS) is 15.7. The summed E-state index contributed by atoms with van der Waals surface area (Å²) >= 11 is 0. The average Bonchev–Trinajstić information content (AvgIpc) is 3.01. The highest BCUT2D eigenvalue weighted by molar-refractivity contribution is 6.34. The number of nitrogens with one attached hydrogen (secondary N) is 2. The molecule has 8 nitrogen and oxygen atoms in total. The van der Waals surface area contributed by atoms with Crippen molar-refractivity contribution >= 4 is 17.8 Å². The summed E-state index contributed by atoms with van der Waals surface area (Å²) in [5.74, 6) is -1.17. The fourth-order valence-corrected chi connectivity index (χ4v) is 6.58. The highest BCUT2D eigenvalue weighted by Gasteiger charge is 2.50. The number of amides is 4. The van der Waals surface area contributed by atoms with Gasteiger partial charge < -0.3 is 15.1 Å². The van der Waals surface area contributed by atoms with Crippen molar-refractivity contribution in [1.82, 2.24) is 25.6 Å². The Labute approximate surface area is 268 Å². The maximum atomic E-state index is 14.4. The Morgan fingerprint density at radius 1 is 0.733 bits per heavy atom. The van der Waals surface area contributed by atoms with Crippen molar-refractivity contribution in [2.45, 2.75) is 97.1 Å². The van der Waals surface area contributed by atoms with Crippen LogP contribution in [0.1, 0.15) is 77.0 Å². The number of benzene rings is 3. The monoisotopic (exact) mass is 611 g/mol. The zero-order valence-electron chi connectivity index (χ0n) is 27.5. The van der Waals surface area contributed by atoms with Gasteiger partial charge in [0, 0.05) is 36.8 Å². The van der Waals surface area contributed by atoms with E-state index in [0.717, 1.165) is 29.5 Å². The van der Waals surface area contributed by atoms with E-state index in [-0.39, 0.29) is 18.6 Å². The quantitative estimate of drug-likeness (QED) is 0.152. The van der Waals surface area contributed by atoms with Crippen LogP contribution >= 0.6 is 0 Å². The van der Waals surface area contributed by atoms with Crippen LogP contribution in [-0.4, -0.2) is 56.3 Å². The molecular formula is C37H49N5O3. The number of likely N-dealkylation sites (tertiary alicyclic amines) is 1. The maximum absolute atomic E-state index is 14.4. The molecule has 0 unspecified atom stereocenters. The summed E-state index contributed by atoms with van der Waals surface area (Å²) in [4.78, 5) is 45.7. The van der Waals surface area contributed by atoms with Crippen LogP contribution in [0.5, 0.6) is 0 Å². The lowest BCUT2D eigenvalue weighted by molar-refractivity contribution is -0.158. The number of carbonyl (C=O) groups excluding carboxylic acids is 3. The van der Waals surface area contributed by atoms with Gasteiger partial charge in [-0.2, -0.15) is 0 Å². The van der Waals surface area contributed by atoms with Gasteiger partial charge in [0.1, 0.15) is 0 Å². The van der Waals surface area contributed by atoms with Crippen molar-refractivity contribution in [3.63, 3.8) is 0 Å². The van der Waals surface area contributed by atoms with E-state index in [1.54, 1.807) is 4.90 Å². The predicted octanol–water partition coefficient (Wildman–Crippen LogP) is 6.28. The Balaban J connectivity index is 1.63. The third-order valence-corrected chi connectivity index (χ3v) is 8.52. The minimum absolute atomic E-state index is 0.0898. The van der Waals surface area contributed by atoms with Crippen molar-refractivity contribution in [1.29, 1.82) is 0 Å². The van der Waals surface area contributed by atoms with E-state index in [1.165, 1.54) is 5.01 Å². The van der Waals surface area contributed by atoms with Crippen LogP contribution in [0.3, 0.4) is 0 Å². The second-order valence-corrected chi connectivity index (χ2v) is 13.2. The second kappa shape index (κ2) is 15.2. The van der Waals surface area contributed by atoms with Crippen LogP contribution in [0.2, 0.25) is 0 Å². The first kappa shape index (κ1) is 33.7. The molecule has 0 spiro atoms. The Hall–Kier alpha value is -4.17. The fraction of sp³-hybridized carbons (Fsp3) is 0.432. The number of carbonyl (C=O) groups is 3. The van der Waals surface area contributed by atoms with Crippen molar-refractivity contribution in [2.24, 2.45) is 0 Å². The third kappa shape index (κ3) is 8.94. The van der Waals surface area contributed by atoms with Crippen LogP contribution in [0.25, 0.3) is 0 Å². The summed E-state index contributed by atoms with van der Waals surface area (Å²) in [6.45, 7) is 11.9. The molecule has 0 atom stereocenters. The zero-order valence-corrected chi connectivity index (χ0v) is 27.5. The Kier molecular flexibility index (Phi) is 11.4. The Morgan fingerprint density at radius 2 is 1.22 bits per heavy atom. The Bertz CT molecular complexity index is 1380. The minimum atomic E-state index is -0.610. The first-order valence-corrected chi connectivity index (χ1v) is 16.1. The third-order valence-electron chi connectivity index (χ3n) is 8.52. The molecule has 3 aromatic carbocycles. The molecule has 240 valence electrons. The predicted molar refractivity (Wildman–Crippen MR) is 179 cm³/mol. The van der Waals surface area contributed by atoms with Gasteiger partial charge in [0.05, 0.1) is 6.54 Å². The zero-order chi connectivity index (χ0) is 32.5. The number of hydrazine groups is 1. The highest BCUT2D eigenvalue weighted by Crippen LogP contribution is 2.41. The van der Waals surface area contributed by atoms with Gasteiger partial charge in [0.2, 0.25) is 0 Å². The molecule has 1 heterocycles. The summed E-state index contributed by atoms with van der Waals surface area (Å²) < 4.78 is 0. The topological polar surface area (TPSA) is 85.0 Å². The number of nitrogens with zero attached hydrogens (tertiary/aromatic N) is 3. The molecule has 45 heavy (non-hydrogen) atoms. The molecule has 1 saturated heterocycles. The van der Waals surface area contributed by atoms with E-state index in [2.05, 4.69) is 45.4 Å². The van der Waals surface area contributed by atoms with Crippen molar-refractivity contribution in [2.75, 3.05) is 6.54 Å². The summed E-state index contributed by atoms with van der Waals surface area (Å²) in [6, 6.07) is 28.9. The maximum Gasteiger partial charge on any atom is 0.326 e. The van der Waals surface area contributed by atoms with Crippen LogP contribution in [0.15, 0.2) is 91.0 Å². The van der Waals surface area contributed by atoms with E-state index in [0.29, 0.717) is 32.5 Å². The summed E-state index contributed by atoms with van der Waals surface area (Å²) in [6.07, 6.45) is 3.00. The molecular weight excluding hydrogens is 562 g/mol. The van der Waals surface area contributed by atoms with Crippen LogP contribution < -0.4 is 10.7 Å². The molecule has 3 aromatic rings. The van der Waals surface area contributed by atoms with Gasteiger partial charge in [0.25, 0.3) is 0 Å². The number of unbranched alkanes of at least 4 members (excludes halogenated alkanes) is 1. The number of rotatable bonds is 11. The average molecular weight is 612 g/mol. The molecule has 0 radical (unpaired) electrons. The first-order chi connectivity index (χ1) is 21.5. The van der Waals surface area contributed by atoms with Crippen molar-refractivity contribution < 1.29 is 14.4 Å². The summed E-state index contributed by atoms with van der Waals surface area (Å²) in [5.41, 5.74) is 4.99. The van der Waals surface area contributed by atoms with Gasteiger partial charge in [-0.3, -0.25) is 14.6 Å². The fourth-order valence-electron chi connectivity index (χ4n) is 6.58.